The van der Waals surface area contributed by atoms with E-state index in [4.69, 9.17) is 5.11 Å². The van der Waals surface area contributed by atoms with Gasteiger partial charge >= 0.3 is 5.97 Å². The average Bonchev–Trinajstić information content (AvgIpc) is 2.86. The molecule has 156 valence electrons. The number of ketones is 1. The molecule has 4 atom stereocenters. The van der Waals surface area contributed by atoms with Crippen LogP contribution < -0.4 is 0 Å². The summed E-state index contributed by atoms with van der Waals surface area (Å²) in [5, 5.41) is 29.5. The fourth-order valence-corrected chi connectivity index (χ4v) is 3.98. The molecule has 0 aliphatic heterocycles. The Hall–Kier alpha value is -1.20. The van der Waals surface area contributed by atoms with Crippen molar-refractivity contribution in [2.24, 2.45) is 17.3 Å². The minimum atomic E-state index is -0.791. The van der Waals surface area contributed by atoms with E-state index in [9.17, 15) is 19.8 Å². The van der Waals surface area contributed by atoms with Crippen molar-refractivity contribution in [3.63, 3.8) is 0 Å². The van der Waals surface area contributed by atoms with Crippen LogP contribution in [0.25, 0.3) is 0 Å². The Morgan fingerprint density at radius 2 is 2.00 bits per heavy atom. The zero-order valence-corrected chi connectivity index (χ0v) is 17.2. The number of hydrogen-bond donors (Lipinski definition) is 3. The highest BCUT2D eigenvalue weighted by Gasteiger charge is 2.41. The summed E-state index contributed by atoms with van der Waals surface area (Å²) in [6, 6.07) is 0. The Morgan fingerprint density at radius 1 is 1.30 bits per heavy atom. The maximum atomic E-state index is 12.3. The number of allylic oxidation sites excluding steroid dienone is 2. The molecule has 1 saturated carbocycles. The molecule has 0 radical (unpaired) electrons. The van der Waals surface area contributed by atoms with Gasteiger partial charge in [-0.1, -0.05) is 45.8 Å². The highest BCUT2D eigenvalue weighted by Crippen LogP contribution is 2.38. The summed E-state index contributed by atoms with van der Waals surface area (Å²) >= 11 is 0. The topological polar surface area (TPSA) is 94.8 Å². The van der Waals surface area contributed by atoms with Gasteiger partial charge in [-0.25, -0.2) is 0 Å². The Morgan fingerprint density at radius 3 is 2.63 bits per heavy atom. The van der Waals surface area contributed by atoms with Gasteiger partial charge in [-0.2, -0.15) is 0 Å². The number of aliphatic hydroxyl groups is 2. The summed E-state index contributed by atoms with van der Waals surface area (Å²) in [4.78, 5) is 22.8. The molecule has 0 aromatic rings. The highest BCUT2D eigenvalue weighted by molar-refractivity contribution is 5.84. The number of rotatable bonds is 13. The number of carbonyl (C=O) groups is 2. The summed E-state index contributed by atoms with van der Waals surface area (Å²) in [6.07, 6.45) is 9.47. The van der Waals surface area contributed by atoms with E-state index >= 15 is 0 Å². The summed E-state index contributed by atoms with van der Waals surface area (Å²) in [5.41, 5.74) is -0.157. The maximum Gasteiger partial charge on any atom is 0.303 e. The molecule has 1 fully saturated rings. The molecule has 5 nitrogen and oxygen atoms in total. The van der Waals surface area contributed by atoms with Crippen LogP contribution in [-0.4, -0.2) is 39.3 Å². The van der Waals surface area contributed by atoms with Crippen molar-refractivity contribution >= 4 is 11.8 Å². The molecule has 27 heavy (non-hydrogen) atoms. The van der Waals surface area contributed by atoms with Gasteiger partial charge in [-0.15, -0.1) is 0 Å². The minimum absolute atomic E-state index is 0.0980. The first-order chi connectivity index (χ1) is 12.7. The molecule has 5 heteroatoms. The fourth-order valence-electron chi connectivity index (χ4n) is 3.98. The van der Waals surface area contributed by atoms with Gasteiger partial charge in [0.25, 0.3) is 0 Å². The fraction of sp³-hybridized carbons (Fsp3) is 0.818. The molecule has 1 aliphatic rings. The normalized spacial score (nSPS) is 24.6. The quantitative estimate of drug-likeness (QED) is 0.329. The Labute approximate surface area is 163 Å². The first-order valence-corrected chi connectivity index (χ1v) is 10.4. The van der Waals surface area contributed by atoms with Gasteiger partial charge < -0.3 is 15.3 Å². The van der Waals surface area contributed by atoms with E-state index in [0.29, 0.717) is 32.1 Å². The lowest BCUT2D eigenvalue weighted by Crippen LogP contribution is -2.31. The van der Waals surface area contributed by atoms with Gasteiger partial charge in [0, 0.05) is 18.8 Å². The van der Waals surface area contributed by atoms with Gasteiger partial charge in [0.15, 0.2) is 0 Å². The smallest absolute Gasteiger partial charge is 0.303 e. The molecule has 1 rings (SSSR count). The molecule has 0 unspecified atom stereocenters. The molecule has 0 amide bonds. The van der Waals surface area contributed by atoms with Crippen molar-refractivity contribution in [3.05, 3.63) is 12.2 Å². The van der Waals surface area contributed by atoms with E-state index in [0.717, 1.165) is 19.3 Å². The molecule has 3 N–H and O–H groups in total. The van der Waals surface area contributed by atoms with Gasteiger partial charge in [-0.05, 0) is 49.9 Å². The second kappa shape index (κ2) is 11.6. The van der Waals surface area contributed by atoms with Crippen LogP contribution in [0.3, 0.4) is 0 Å². The third-order valence-electron chi connectivity index (χ3n) is 6.00. The number of unbranched alkanes of at least 4 members (excludes halogenated alkanes) is 2. The molecule has 0 spiro atoms. The van der Waals surface area contributed by atoms with Crippen molar-refractivity contribution < 1.29 is 24.9 Å². The minimum Gasteiger partial charge on any atom is -0.481 e. The number of carboxylic acid groups (broad SMARTS) is 1. The standard InChI is InChI=1S/C22H38O5/c1-4-5-14-22(2,3)20(25)13-12-17-16(18(23)15-19(17)24)10-8-6-7-9-11-21(26)27/h6,8,16-18,20,23,25H,4-5,7,9-15H2,1-3H3,(H,26,27)/b8-6-/t16-,17+,18+,20-/m0/s1. The summed E-state index contributed by atoms with van der Waals surface area (Å²) in [6.45, 7) is 6.30. The van der Waals surface area contributed by atoms with Crippen molar-refractivity contribution in [1.29, 1.82) is 0 Å². The largest absolute Gasteiger partial charge is 0.481 e. The predicted octanol–water partition coefficient (Wildman–Crippen LogP) is 4.11. The van der Waals surface area contributed by atoms with Crippen LogP contribution in [0.4, 0.5) is 0 Å². The molecular formula is C22H38O5. The molecule has 0 saturated heterocycles. The van der Waals surface area contributed by atoms with E-state index in [-0.39, 0.29) is 35.9 Å². The Bertz CT molecular complexity index is 497. The molecule has 0 heterocycles. The van der Waals surface area contributed by atoms with Gasteiger partial charge in [0.05, 0.1) is 12.2 Å². The van der Waals surface area contributed by atoms with E-state index < -0.39 is 18.2 Å². The lowest BCUT2D eigenvalue weighted by atomic mass is 9.77. The molecule has 0 bridgehead atoms. The molecule has 1 aliphatic carbocycles. The van der Waals surface area contributed by atoms with Crippen LogP contribution in [0.5, 0.6) is 0 Å². The number of Topliss-reactive ketones (excluding diaryl/α,β-unsaturated/α-hetero) is 1. The maximum absolute atomic E-state index is 12.3. The number of hydrogen-bond acceptors (Lipinski definition) is 4. The van der Waals surface area contributed by atoms with Crippen LogP contribution in [0.2, 0.25) is 0 Å². The zero-order valence-electron chi connectivity index (χ0n) is 17.2. The third-order valence-corrected chi connectivity index (χ3v) is 6.00. The number of carboxylic acids is 1. The summed E-state index contributed by atoms with van der Waals surface area (Å²) < 4.78 is 0. The Kier molecular flexibility index (Phi) is 10.2. The van der Waals surface area contributed by atoms with Crippen LogP contribution >= 0.6 is 0 Å². The van der Waals surface area contributed by atoms with E-state index in [1.54, 1.807) is 0 Å². The SMILES string of the molecule is CCCCC(C)(C)[C@@H](O)CC[C@H]1C(=O)C[C@@H](O)[C@H]1C/C=C\CCCC(=O)O. The second-order valence-corrected chi connectivity index (χ2v) is 8.69. The van der Waals surface area contributed by atoms with Gasteiger partial charge in [-0.3, -0.25) is 9.59 Å². The number of carbonyl (C=O) groups excluding carboxylic acids is 1. The van der Waals surface area contributed by atoms with Crippen molar-refractivity contribution in [2.75, 3.05) is 0 Å². The van der Waals surface area contributed by atoms with Gasteiger partial charge in [0.2, 0.25) is 0 Å². The molecule has 0 aromatic carbocycles. The zero-order chi connectivity index (χ0) is 20.4. The van der Waals surface area contributed by atoms with Crippen molar-refractivity contribution in [3.8, 4) is 0 Å². The van der Waals surface area contributed by atoms with Crippen LogP contribution in [0, 0.1) is 17.3 Å². The van der Waals surface area contributed by atoms with Crippen LogP contribution in [-0.2, 0) is 9.59 Å². The van der Waals surface area contributed by atoms with E-state index in [2.05, 4.69) is 20.8 Å². The average molecular weight is 383 g/mol. The lowest BCUT2D eigenvalue weighted by Gasteiger charge is -2.32. The third kappa shape index (κ3) is 8.14. The first-order valence-electron chi connectivity index (χ1n) is 10.4. The van der Waals surface area contributed by atoms with Crippen molar-refractivity contribution in [2.45, 2.75) is 97.2 Å². The summed E-state index contributed by atoms with van der Waals surface area (Å²) in [7, 11) is 0. The second-order valence-electron chi connectivity index (χ2n) is 8.69. The van der Waals surface area contributed by atoms with E-state index in [1.807, 2.05) is 12.2 Å². The number of aliphatic carboxylic acids is 1. The predicted molar refractivity (Wildman–Crippen MR) is 106 cm³/mol. The number of aliphatic hydroxyl groups excluding tert-OH is 2. The van der Waals surface area contributed by atoms with E-state index in [1.165, 1.54) is 0 Å². The lowest BCUT2D eigenvalue weighted by molar-refractivity contribution is -0.137. The Balaban J connectivity index is 2.52. The van der Waals surface area contributed by atoms with Crippen molar-refractivity contribution in [1.82, 2.24) is 0 Å². The van der Waals surface area contributed by atoms with Crippen LogP contribution in [0.1, 0.15) is 85.0 Å². The summed E-state index contributed by atoms with van der Waals surface area (Å²) in [5.74, 6) is -0.981. The highest BCUT2D eigenvalue weighted by atomic mass is 16.4. The van der Waals surface area contributed by atoms with Gasteiger partial charge in [0.1, 0.15) is 5.78 Å². The molecule has 0 aromatic heterocycles. The first kappa shape index (κ1) is 23.8. The van der Waals surface area contributed by atoms with Crippen LogP contribution in [0.15, 0.2) is 12.2 Å². The molecular weight excluding hydrogens is 344 g/mol. The monoisotopic (exact) mass is 382 g/mol.